The van der Waals surface area contributed by atoms with Crippen LogP contribution in [0.1, 0.15) is 56.8 Å². The van der Waals surface area contributed by atoms with Crippen LogP contribution in [-0.4, -0.2) is 134 Å². The standard InChI is InChI=1S/C41H46FN9O9/c42-26(22-46-38(53)29-23-45-35(20-32(29)47-27-5-6-27)49-34-8-4-25-21-43-11-10-30(25)48-34)24-60-19-18-59-17-16-58-15-14-57-13-12-44-31-3-1-2-28-37(31)41(56)51(40(28)55)33-7-9-36(52)50-39(33)54/h1-4,8,10-11,20-21,23,26-27,33,44H,5-7,9,12-19,22,24H2,(H,46,53)(H,50,52,54)(H2,45,47,48,49). The van der Waals surface area contributed by atoms with Gasteiger partial charge in [-0.3, -0.25) is 39.2 Å². The monoisotopic (exact) mass is 827 g/mol. The predicted molar refractivity (Wildman–Crippen MR) is 216 cm³/mol. The summed E-state index contributed by atoms with van der Waals surface area (Å²) in [5, 5.41) is 15.4. The van der Waals surface area contributed by atoms with E-state index < -0.39 is 41.7 Å². The van der Waals surface area contributed by atoms with Crippen molar-refractivity contribution < 1.29 is 47.3 Å². The number of alkyl halides is 1. The van der Waals surface area contributed by atoms with E-state index >= 15 is 0 Å². The molecule has 1 aromatic carbocycles. The summed E-state index contributed by atoms with van der Waals surface area (Å²) in [5.41, 5.74) is 2.52. The Morgan fingerprint density at radius 2 is 1.63 bits per heavy atom. The van der Waals surface area contributed by atoms with Gasteiger partial charge in [0.05, 0.1) is 87.3 Å². The Hall–Kier alpha value is -6.15. The molecular formula is C41H46FN9O9. The topological polar surface area (TPSA) is 224 Å². The lowest BCUT2D eigenvalue weighted by Crippen LogP contribution is -2.54. The maximum Gasteiger partial charge on any atom is 0.264 e. The second-order valence-electron chi connectivity index (χ2n) is 14.2. The van der Waals surface area contributed by atoms with Gasteiger partial charge in [-0.15, -0.1) is 0 Å². The van der Waals surface area contributed by atoms with Crippen LogP contribution >= 0.6 is 0 Å². The average Bonchev–Trinajstić information content (AvgIpc) is 4.03. The van der Waals surface area contributed by atoms with Crippen LogP contribution in [0.5, 0.6) is 0 Å². The van der Waals surface area contributed by atoms with Crippen molar-refractivity contribution in [3.63, 3.8) is 0 Å². The lowest BCUT2D eigenvalue weighted by Gasteiger charge is -2.27. The number of fused-ring (bicyclic) bond motifs is 2. The Morgan fingerprint density at radius 3 is 2.40 bits per heavy atom. The zero-order chi connectivity index (χ0) is 41.8. The molecule has 1 aliphatic carbocycles. The molecule has 316 valence electrons. The van der Waals surface area contributed by atoms with Gasteiger partial charge in [-0.25, -0.2) is 14.4 Å². The molecule has 1 saturated heterocycles. The minimum absolute atomic E-state index is 0.0478. The van der Waals surface area contributed by atoms with Gasteiger partial charge in [0.2, 0.25) is 11.8 Å². The van der Waals surface area contributed by atoms with Crippen molar-refractivity contribution >= 4 is 63.4 Å². The lowest BCUT2D eigenvalue weighted by molar-refractivity contribution is -0.136. The number of nitrogens with one attached hydrogen (secondary N) is 5. The van der Waals surface area contributed by atoms with Crippen LogP contribution in [0.15, 0.2) is 61.1 Å². The molecule has 5 amide bonds. The number of hydrogen-bond acceptors (Lipinski definition) is 15. The van der Waals surface area contributed by atoms with Crippen molar-refractivity contribution in [2.24, 2.45) is 0 Å². The molecule has 2 unspecified atom stereocenters. The van der Waals surface area contributed by atoms with Crippen molar-refractivity contribution in [1.29, 1.82) is 0 Å². The van der Waals surface area contributed by atoms with Crippen molar-refractivity contribution in [3.8, 4) is 0 Å². The summed E-state index contributed by atoms with van der Waals surface area (Å²) >= 11 is 0. The van der Waals surface area contributed by atoms with Crippen LogP contribution in [-0.2, 0) is 28.5 Å². The number of halogens is 1. The molecule has 2 fully saturated rings. The number of carbonyl (C=O) groups is 5. The summed E-state index contributed by atoms with van der Waals surface area (Å²) in [5.74, 6) is -1.59. The molecule has 19 heteroatoms. The van der Waals surface area contributed by atoms with E-state index in [4.69, 9.17) is 18.9 Å². The smallest absolute Gasteiger partial charge is 0.264 e. The highest BCUT2D eigenvalue weighted by Crippen LogP contribution is 2.33. The number of ether oxygens (including phenoxy) is 4. The summed E-state index contributed by atoms with van der Waals surface area (Å²) in [7, 11) is 0. The first-order chi connectivity index (χ1) is 29.2. The van der Waals surface area contributed by atoms with Gasteiger partial charge >= 0.3 is 0 Å². The van der Waals surface area contributed by atoms with E-state index in [2.05, 4.69) is 41.5 Å². The molecule has 3 aliphatic rings. The summed E-state index contributed by atoms with van der Waals surface area (Å²) in [6.07, 6.45) is 5.57. The van der Waals surface area contributed by atoms with Gasteiger partial charge in [-0.2, -0.15) is 0 Å². The molecule has 4 aromatic rings. The quantitative estimate of drug-likeness (QED) is 0.0536. The lowest BCUT2D eigenvalue weighted by atomic mass is 10.0. The average molecular weight is 828 g/mol. The zero-order valence-corrected chi connectivity index (χ0v) is 32.7. The molecule has 7 rings (SSSR count). The summed E-state index contributed by atoms with van der Waals surface area (Å²) in [6, 6.07) is 11.4. The molecule has 5 N–H and O–H groups in total. The fourth-order valence-corrected chi connectivity index (χ4v) is 6.59. The van der Waals surface area contributed by atoms with Gasteiger partial charge in [0.1, 0.15) is 23.8 Å². The number of imide groups is 2. The second kappa shape index (κ2) is 20.2. The third kappa shape index (κ3) is 10.9. The third-order valence-electron chi connectivity index (χ3n) is 9.76. The Labute approximate surface area is 344 Å². The highest BCUT2D eigenvalue weighted by atomic mass is 19.1. The number of anilines is 4. The SMILES string of the molecule is O=C1CCC(N2C(=O)c3cccc(NCCOCCOCCOCCOCC(F)CNC(=O)c4cnc(Nc5ccc6cnccc6n5)cc4NC4CC4)c3C2=O)C(=O)N1. The molecule has 5 heterocycles. The predicted octanol–water partition coefficient (Wildman–Crippen LogP) is 2.99. The van der Waals surface area contributed by atoms with Crippen molar-refractivity contribution in [3.05, 3.63) is 77.7 Å². The second-order valence-corrected chi connectivity index (χ2v) is 14.2. The first-order valence-corrected chi connectivity index (χ1v) is 19.8. The maximum absolute atomic E-state index is 14.6. The summed E-state index contributed by atoms with van der Waals surface area (Å²) in [4.78, 5) is 77.1. The zero-order valence-electron chi connectivity index (χ0n) is 32.7. The van der Waals surface area contributed by atoms with Gasteiger partial charge in [0, 0.05) is 54.7 Å². The minimum atomic E-state index is -1.43. The Morgan fingerprint density at radius 1 is 0.867 bits per heavy atom. The number of pyridine rings is 3. The van der Waals surface area contributed by atoms with Gasteiger partial charge in [0.25, 0.3) is 17.7 Å². The van der Waals surface area contributed by atoms with E-state index in [0.717, 1.165) is 28.6 Å². The van der Waals surface area contributed by atoms with Crippen LogP contribution in [0.4, 0.5) is 27.4 Å². The molecule has 0 radical (unpaired) electrons. The van der Waals surface area contributed by atoms with E-state index in [9.17, 15) is 28.4 Å². The van der Waals surface area contributed by atoms with E-state index in [0.29, 0.717) is 68.2 Å². The molecule has 2 atom stereocenters. The van der Waals surface area contributed by atoms with E-state index in [1.165, 1.54) is 12.3 Å². The number of piperidine rings is 1. The highest BCUT2D eigenvalue weighted by Gasteiger charge is 2.45. The molecule has 1 saturated carbocycles. The molecular weight excluding hydrogens is 782 g/mol. The van der Waals surface area contributed by atoms with Crippen molar-refractivity contribution in [2.75, 3.05) is 81.9 Å². The van der Waals surface area contributed by atoms with E-state index in [1.54, 1.807) is 30.6 Å². The first-order valence-electron chi connectivity index (χ1n) is 19.8. The first kappa shape index (κ1) is 42.0. The van der Waals surface area contributed by atoms with Crippen LogP contribution in [0.25, 0.3) is 10.9 Å². The fraction of sp³-hybridized carbons (Fsp3) is 0.415. The maximum atomic E-state index is 14.6. The summed E-state index contributed by atoms with van der Waals surface area (Å²) in [6.45, 7) is 1.85. The Kier molecular flexibility index (Phi) is 14.1. The number of benzene rings is 1. The number of carbonyl (C=O) groups excluding carboxylic acids is 5. The number of nitrogens with zero attached hydrogens (tertiary/aromatic N) is 4. The number of amides is 5. The molecule has 3 aromatic heterocycles. The molecule has 2 aliphatic heterocycles. The Bertz CT molecular complexity index is 2210. The molecule has 0 bridgehead atoms. The number of rotatable bonds is 23. The van der Waals surface area contributed by atoms with Crippen LogP contribution in [0, 0.1) is 0 Å². The molecule has 0 spiro atoms. The van der Waals surface area contributed by atoms with Crippen LogP contribution < -0.4 is 26.6 Å². The van der Waals surface area contributed by atoms with Gasteiger partial charge in [-0.1, -0.05) is 6.07 Å². The normalized spacial score (nSPS) is 16.8. The van der Waals surface area contributed by atoms with Gasteiger partial charge in [0.15, 0.2) is 0 Å². The number of aromatic nitrogens is 3. The van der Waals surface area contributed by atoms with E-state index in [1.807, 2.05) is 18.2 Å². The van der Waals surface area contributed by atoms with E-state index in [-0.39, 0.29) is 56.4 Å². The van der Waals surface area contributed by atoms with Crippen LogP contribution in [0.3, 0.4) is 0 Å². The largest absolute Gasteiger partial charge is 0.382 e. The third-order valence-corrected chi connectivity index (χ3v) is 9.76. The van der Waals surface area contributed by atoms with Crippen molar-refractivity contribution in [1.82, 2.24) is 30.5 Å². The molecule has 18 nitrogen and oxygen atoms in total. The molecule has 60 heavy (non-hydrogen) atoms. The van der Waals surface area contributed by atoms with Crippen LogP contribution in [0.2, 0.25) is 0 Å². The van der Waals surface area contributed by atoms with Gasteiger partial charge < -0.3 is 40.2 Å². The Balaban J connectivity index is 0.716. The fourth-order valence-electron chi connectivity index (χ4n) is 6.59. The highest BCUT2D eigenvalue weighted by molar-refractivity contribution is 6.25. The number of hydrogen-bond donors (Lipinski definition) is 5. The van der Waals surface area contributed by atoms with Crippen molar-refractivity contribution in [2.45, 2.75) is 43.9 Å². The minimum Gasteiger partial charge on any atom is -0.382 e. The summed E-state index contributed by atoms with van der Waals surface area (Å²) < 4.78 is 36.6. The van der Waals surface area contributed by atoms with Gasteiger partial charge in [-0.05, 0) is 49.6 Å².